The summed E-state index contributed by atoms with van der Waals surface area (Å²) in [4.78, 5) is 32.8. The molecule has 0 aliphatic heterocycles. The van der Waals surface area contributed by atoms with Gasteiger partial charge in [0.2, 0.25) is 5.91 Å². The fourth-order valence-corrected chi connectivity index (χ4v) is 3.70. The first-order chi connectivity index (χ1) is 15.9. The Hall–Kier alpha value is -3.94. The number of aromatic nitrogens is 2. The van der Waals surface area contributed by atoms with E-state index in [1.54, 1.807) is 19.2 Å². The van der Waals surface area contributed by atoms with E-state index in [1.165, 1.54) is 18.7 Å². The van der Waals surface area contributed by atoms with Crippen molar-refractivity contribution in [1.29, 1.82) is 0 Å². The Balaban J connectivity index is 1.36. The molecule has 170 valence electrons. The third-order valence-electron chi connectivity index (χ3n) is 5.99. The zero-order valence-electron chi connectivity index (χ0n) is 18.5. The van der Waals surface area contributed by atoms with Gasteiger partial charge in [-0.1, -0.05) is 31.2 Å². The molecule has 1 fully saturated rings. The number of ether oxygens (including phenoxy) is 1. The van der Waals surface area contributed by atoms with E-state index in [1.807, 2.05) is 37.3 Å². The molecule has 4 rings (SSSR count). The first kappa shape index (κ1) is 22.3. The van der Waals surface area contributed by atoms with E-state index in [-0.39, 0.29) is 23.5 Å². The van der Waals surface area contributed by atoms with Crippen molar-refractivity contribution in [3.63, 3.8) is 0 Å². The number of amides is 2. The number of nitrogens with one attached hydrogen (secondary N) is 2. The average Bonchev–Trinajstić information content (AvgIpc) is 3.64. The van der Waals surface area contributed by atoms with E-state index < -0.39 is 5.54 Å². The normalized spacial score (nSPS) is 14.7. The monoisotopic (exact) mass is 446 g/mol. The van der Waals surface area contributed by atoms with Crippen LogP contribution < -0.4 is 15.4 Å². The van der Waals surface area contributed by atoms with Crippen LogP contribution in [0, 0.1) is 0 Å². The van der Waals surface area contributed by atoms with Crippen molar-refractivity contribution in [3.05, 3.63) is 83.4 Å². The summed E-state index contributed by atoms with van der Waals surface area (Å²) in [5.41, 5.74) is 2.21. The van der Waals surface area contributed by atoms with E-state index in [0.29, 0.717) is 30.7 Å². The largest absolute Gasteiger partial charge is 0.508 e. The summed E-state index contributed by atoms with van der Waals surface area (Å²) in [6.45, 7) is 2.37. The summed E-state index contributed by atoms with van der Waals surface area (Å²) >= 11 is 0. The van der Waals surface area contributed by atoms with E-state index in [4.69, 9.17) is 4.74 Å². The molecule has 1 aliphatic rings. The Morgan fingerprint density at radius 2 is 1.82 bits per heavy atom. The third-order valence-corrected chi connectivity index (χ3v) is 5.99. The van der Waals surface area contributed by atoms with Crippen molar-refractivity contribution in [2.24, 2.45) is 0 Å². The predicted molar refractivity (Wildman–Crippen MR) is 122 cm³/mol. The van der Waals surface area contributed by atoms with Gasteiger partial charge in [0.25, 0.3) is 5.91 Å². The van der Waals surface area contributed by atoms with Gasteiger partial charge in [0, 0.05) is 30.4 Å². The highest BCUT2D eigenvalue weighted by Gasteiger charge is 2.51. The number of hydrogen-bond donors (Lipinski definition) is 3. The highest BCUT2D eigenvalue weighted by Crippen LogP contribution is 2.36. The number of carbonyl (C=O) groups is 2. The van der Waals surface area contributed by atoms with Gasteiger partial charge in [0.05, 0.1) is 12.7 Å². The lowest BCUT2D eigenvalue weighted by Crippen LogP contribution is -2.48. The molecule has 1 saturated carbocycles. The van der Waals surface area contributed by atoms with Crippen LogP contribution in [-0.2, 0) is 11.3 Å². The van der Waals surface area contributed by atoms with Gasteiger partial charge >= 0.3 is 0 Å². The SMILES string of the molecule is COc1ccc(O)c(C(C)c2ccc(CNC(=O)C3(NC(=O)c4cncnc4)CC3)cc2)c1. The minimum atomic E-state index is -0.870. The lowest BCUT2D eigenvalue weighted by atomic mass is 9.91. The molecule has 1 aromatic heterocycles. The topological polar surface area (TPSA) is 113 Å². The number of rotatable bonds is 8. The Bertz CT molecular complexity index is 1140. The van der Waals surface area contributed by atoms with Gasteiger partial charge in [-0.2, -0.15) is 0 Å². The number of methoxy groups -OCH3 is 1. The van der Waals surface area contributed by atoms with Crippen LogP contribution in [0.2, 0.25) is 0 Å². The zero-order chi connectivity index (χ0) is 23.4. The number of aromatic hydroxyl groups is 1. The fraction of sp³-hybridized carbons (Fsp3) is 0.280. The van der Waals surface area contributed by atoms with E-state index in [2.05, 4.69) is 20.6 Å². The summed E-state index contributed by atoms with van der Waals surface area (Å²) in [5.74, 6) is 0.317. The Morgan fingerprint density at radius 3 is 2.45 bits per heavy atom. The molecule has 1 unspecified atom stereocenters. The quantitative estimate of drug-likeness (QED) is 0.490. The van der Waals surface area contributed by atoms with Crippen molar-refractivity contribution in [2.75, 3.05) is 7.11 Å². The molecular formula is C25H26N4O4. The van der Waals surface area contributed by atoms with E-state index >= 15 is 0 Å². The minimum absolute atomic E-state index is 0.0318. The van der Waals surface area contributed by atoms with Crippen LogP contribution in [0.4, 0.5) is 0 Å². The Kier molecular flexibility index (Phi) is 6.26. The van der Waals surface area contributed by atoms with Crippen molar-refractivity contribution >= 4 is 11.8 Å². The van der Waals surface area contributed by atoms with Gasteiger partial charge in [-0.3, -0.25) is 9.59 Å². The Labute approximate surface area is 192 Å². The molecule has 8 nitrogen and oxygen atoms in total. The van der Waals surface area contributed by atoms with Crippen molar-refractivity contribution in [1.82, 2.24) is 20.6 Å². The van der Waals surface area contributed by atoms with Gasteiger partial charge in [0.1, 0.15) is 23.4 Å². The van der Waals surface area contributed by atoms with Gasteiger partial charge in [-0.25, -0.2) is 9.97 Å². The van der Waals surface area contributed by atoms with E-state index in [0.717, 1.165) is 16.7 Å². The number of carbonyl (C=O) groups excluding carboxylic acids is 2. The maximum Gasteiger partial charge on any atom is 0.255 e. The molecule has 3 N–H and O–H groups in total. The second kappa shape index (κ2) is 9.28. The summed E-state index contributed by atoms with van der Waals surface area (Å²) in [7, 11) is 1.59. The summed E-state index contributed by atoms with van der Waals surface area (Å²) in [5, 5.41) is 16.0. The number of phenolic OH excluding ortho intramolecular Hbond substituents is 1. The molecule has 1 aliphatic carbocycles. The smallest absolute Gasteiger partial charge is 0.255 e. The number of benzene rings is 2. The first-order valence-corrected chi connectivity index (χ1v) is 10.7. The number of hydrogen-bond acceptors (Lipinski definition) is 6. The summed E-state index contributed by atoms with van der Waals surface area (Å²) in [6, 6.07) is 13.0. The molecule has 0 bridgehead atoms. The molecule has 2 aromatic carbocycles. The second-order valence-corrected chi connectivity index (χ2v) is 8.23. The van der Waals surface area contributed by atoms with Crippen LogP contribution in [0.25, 0.3) is 0 Å². The van der Waals surface area contributed by atoms with Gasteiger partial charge < -0.3 is 20.5 Å². The second-order valence-electron chi connectivity index (χ2n) is 8.23. The molecule has 33 heavy (non-hydrogen) atoms. The molecule has 1 heterocycles. The van der Waals surface area contributed by atoms with Crippen LogP contribution in [0.3, 0.4) is 0 Å². The minimum Gasteiger partial charge on any atom is -0.508 e. The number of nitrogens with zero attached hydrogens (tertiary/aromatic N) is 2. The molecule has 8 heteroatoms. The molecule has 0 radical (unpaired) electrons. The van der Waals surface area contributed by atoms with Gasteiger partial charge in [-0.05, 0) is 42.2 Å². The third kappa shape index (κ3) is 4.95. The summed E-state index contributed by atoms with van der Waals surface area (Å²) < 4.78 is 5.27. The summed E-state index contributed by atoms with van der Waals surface area (Å²) in [6.07, 6.45) is 5.38. The highest BCUT2D eigenvalue weighted by atomic mass is 16.5. The van der Waals surface area contributed by atoms with Crippen LogP contribution >= 0.6 is 0 Å². The number of phenols is 1. The van der Waals surface area contributed by atoms with Gasteiger partial charge in [-0.15, -0.1) is 0 Å². The van der Waals surface area contributed by atoms with Crippen molar-refractivity contribution in [3.8, 4) is 11.5 Å². The van der Waals surface area contributed by atoms with Crippen LogP contribution in [-0.4, -0.2) is 39.5 Å². The lowest BCUT2D eigenvalue weighted by Gasteiger charge is -2.18. The highest BCUT2D eigenvalue weighted by molar-refractivity contribution is 6.00. The molecule has 0 saturated heterocycles. The first-order valence-electron chi connectivity index (χ1n) is 10.7. The average molecular weight is 447 g/mol. The maximum atomic E-state index is 12.7. The fourth-order valence-electron chi connectivity index (χ4n) is 3.70. The maximum absolute atomic E-state index is 12.7. The molecule has 0 spiro atoms. The standard InChI is InChI=1S/C25H26N4O4/c1-16(21-11-20(33-2)7-8-22(21)30)18-5-3-17(4-6-18)12-28-24(32)25(9-10-25)29-23(31)19-13-26-15-27-14-19/h3-8,11,13-16,30H,9-10,12H2,1-2H3,(H,28,32)(H,29,31). The van der Waals surface area contributed by atoms with Crippen LogP contribution in [0.15, 0.2) is 61.2 Å². The molecule has 2 amide bonds. The van der Waals surface area contributed by atoms with Crippen LogP contribution in [0.5, 0.6) is 11.5 Å². The van der Waals surface area contributed by atoms with E-state index in [9.17, 15) is 14.7 Å². The van der Waals surface area contributed by atoms with Gasteiger partial charge in [0.15, 0.2) is 0 Å². The molecule has 1 atom stereocenters. The molecule has 3 aromatic rings. The predicted octanol–water partition coefficient (Wildman–Crippen LogP) is 2.92. The zero-order valence-corrected chi connectivity index (χ0v) is 18.5. The lowest BCUT2D eigenvalue weighted by molar-refractivity contribution is -0.124. The van der Waals surface area contributed by atoms with Crippen LogP contribution in [0.1, 0.15) is 52.7 Å². The molecular weight excluding hydrogens is 420 g/mol. The van der Waals surface area contributed by atoms with Crippen molar-refractivity contribution < 1.29 is 19.4 Å². The Morgan fingerprint density at radius 1 is 1.12 bits per heavy atom. The van der Waals surface area contributed by atoms with Crippen molar-refractivity contribution in [2.45, 2.75) is 37.8 Å².